The Morgan fingerprint density at radius 1 is 1.27 bits per heavy atom. The molecule has 0 unspecified atom stereocenters. The molecule has 11 heavy (non-hydrogen) atoms. The molecule has 0 atom stereocenters. The van der Waals surface area contributed by atoms with E-state index >= 15 is 0 Å². The van der Waals surface area contributed by atoms with E-state index in [2.05, 4.69) is 18.0 Å². The van der Waals surface area contributed by atoms with Gasteiger partial charge in [0.15, 0.2) is 0 Å². The van der Waals surface area contributed by atoms with Crippen molar-refractivity contribution in [3.8, 4) is 0 Å². The highest BCUT2D eigenvalue weighted by Gasteiger charge is 1.90. The largest absolute Gasteiger partial charge is 0.391 e. The van der Waals surface area contributed by atoms with E-state index in [0.29, 0.717) is 5.70 Å². The van der Waals surface area contributed by atoms with E-state index in [1.165, 1.54) is 0 Å². The average Bonchev–Trinajstić information content (AvgIpc) is 2.07. The Balaban J connectivity index is 3.14. The second kappa shape index (κ2) is 3.48. The van der Waals surface area contributed by atoms with Gasteiger partial charge in [-0.1, -0.05) is 36.1 Å². The number of rotatable bonds is 1. The second-order valence-corrected chi connectivity index (χ2v) is 2.08. The summed E-state index contributed by atoms with van der Waals surface area (Å²) in [5, 5.41) is 0. The molecule has 0 aromatic heterocycles. The summed E-state index contributed by atoms with van der Waals surface area (Å²) in [5.74, 6) is 0. The molecule has 0 fully saturated rings. The van der Waals surface area contributed by atoms with Crippen LogP contribution in [0.4, 0.5) is 0 Å². The zero-order valence-corrected chi connectivity index (χ0v) is 6.17. The van der Waals surface area contributed by atoms with Crippen molar-refractivity contribution < 1.29 is 0 Å². The van der Waals surface area contributed by atoms with Crippen LogP contribution in [0.25, 0.3) is 5.70 Å². The van der Waals surface area contributed by atoms with Crippen molar-refractivity contribution in [3.05, 3.63) is 53.9 Å². The third-order valence-corrected chi connectivity index (χ3v) is 1.31. The summed E-state index contributed by atoms with van der Waals surface area (Å²) in [5.41, 5.74) is 12.3. The Kier molecular flexibility index (Phi) is 2.35. The summed E-state index contributed by atoms with van der Waals surface area (Å²) < 4.78 is 0. The molecule has 1 nitrogen and oxygen atoms in total. The molecule has 1 heteroatoms. The van der Waals surface area contributed by atoms with E-state index in [1.807, 2.05) is 30.3 Å². The average molecular weight is 143 g/mol. The van der Waals surface area contributed by atoms with Crippen LogP contribution in [-0.2, 0) is 0 Å². The lowest BCUT2D eigenvalue weighted by molar-refractivity contribution is 1.53. The van der Waals surface area contributed by atoms with E-state index < -0.39 is 0 Å². The summed E-state index contributed by atoms with van der Waals surface area (Å²) in [6.45, 7) is 3.39. The lowest BCUT2D eigenvalue weighted by Crippen LogP contribution is -1.92. The maximum Gasteiger partial charge on any atom is 0.0904 e. The van der Waals surface area contributed by atoms with Crippen molar-refractivity contribution in [1.82, 2.24) is 0 Å². The minimum Gasteiger partial charge on any atom is -0.391 e. The summed E-state index contributed by atoms with van der Waals surface area (Å²) in [4.78, 5) is 0. The molecule has 0 amide bonds. The fourth-order valence-electron chi connectivity index (χ4n) is 0.785. The predicted molar refractivity (Wildman–Crippen MR) is 46.7 cm³/mol. The molecule has 1 rings (SSSR count). The molecule has 2 N–H and O–H groups in total. The van der Waals surface area contributed by atoms with E-state index in [-0.39, 0.29) is 0 Å². The maximum absolute atomic E-state index is 5.61. The van der Waals surface area contributed by atoms with Crippen molar-refractivity contribution in [2.75, 3.05) is 0 Å². The van der Waals surface area contributed by atoms with Crippen LogP contribution in [0.15, 0.2) is 48.4 Å². The van der Waals surface area contributed by atoms with Gasteiger partial charge in [0.25, 0.3) is 0 Å². The SMILES string of the molecule is C=C=C=C(N)c1ccccc1. The van der Waals surface area contributed by atoms with Crippen LogP contribution in [0.5, 0.6) is 0 Å². The molecule has 0 heterocycles. The summed E-state index contributed by atoms with van der Waals surface area (Å²) in [7, 11) is 0. The number of hydrogen-bond acceptors (Lipinski definition) is 1. The van der Waals surface area contributed by atoms with Crippen molar-refractivity contribution >= 4 is 5.70 Å². The zero-order chi connectivity index (χ0) is 8.10. The van der Waals surface area contributed by atoms with Gasteiger partial charge >= 0.3 is 0 Å². The van der Waals surface area contributed by atoms with Gasteiger partial charge < -0.3 is 5.73 Å². The van der Waals surface area contributed by atoms with Crippen LogP contribution in [0.3, 0.4) is 0 Å². The van der Waals surface area contributed by atoms with Crippen LogP contribution in [0.1, 0.15) is 5.56 Å². The van der Waals surface area contributed by atoms with E-state index in [9.17, 15) is 0 Å². The van der Waals surface area contributed by atoms with E-state index in [0.717, 1.165) is 5.56 Å². The quantitative estimate of drug-likeness (QED) is 0.597. The maximum atomic E-state index is 5.61. The standard InChI is InChI=1S/C10H9N/c1-2-6-10(11)9-7-4-3-5-8-9/h3-5,7-8H,1,11H2. The Morgan fingerprint density at radius 2 is 1.91 bits per heavy atom. The third-order valence-electron chi connectivity index (χ3n) is 1.31. The number of benzene rings is 1. The molecule has 0 radical (unpaired) electrons. The molecule has 0 spiro atoms. The molecule has 0 saturated carbocycles. The molecule has 0 saturated heterocycles. The zero-order valence-electron chi connectivity index (χ0n) is 6.17. The van der Waals surface area contributed by atoms with Crippen LogP contribution in [-0.4, -0.2) is 0 Å². The first-order valence-electron chi connectivity index (χ1n) is 3.30. The molecule has 0 aliphatic rings. The fourth-order valence-corrected chi connectivity index (χ4v) is 0.785. The molecule has 0 bridgehead atoms. The van der Waals surface area contributed by atoms with Gasteiger partial charge in [0, 0.05) is 5.56 Å². The minimum atomic E-state index is 0.570. The summed E-state index contributed by atoms with van der Waals surface area (Å²) in [6, 6.07) is 9.62. The Hall–Kier alpha value is -1.68. The fraction of sp³-hybridized carbons (Fsp3) is 0. The molecular weight excluding hydrogens is 134 g/mol. The second-order valence-electron chi connectivity index (χ2n) is 2.08. The van der Waals surface area contributed by atoms with Gasteiger partial charge in [0.05, 0.1) is 5.70 Å². The number of nitrogens with two attached hydrogens (primary N) is 1. The van der Waals surface area contributed by atoms with Gasteiger partial charge in [-0.2, -0.15) is 0 Å². The minimum absolute atomic E-state index is 0.570. The van der Waals surface area contributed by atoms with Crippen molar-refractivity contribution in [3.63, 3.8) is 0 Å². The van der Waals surface area contributed by atoms with Crippen LogP contribution in [0.2, 0.25) is 0 Å². The van der Waals surface area contributed by atoms with Gasteiger partial charge in [-0.3, -0.25) is 0 Å². The van der Waals surface area contributed by atoms with Gasteiger partial charge in [-0.05, 0) is 12.3 Å². The highest BCUT2D eigenvalue weighted by atomic mass is 14.6. The first-order valence-corrected chi connectivity index (χ1v) is 3.30. The summed E-state index contributed by atoms with van der Waals surface area (Å²) in [6.07, 6.45) is 0. The highest BCUT2D eigenvalue weighted by Crippen LogP contribution is 2.04. The summed E-state index contributed by atoms with van der Waals surface area (Å²) >= 11 is 0. The Bertz CT molecular complexity index is 312. The van der Waals surface area contributed by atoms with Crippen molar-refractivity contribution in [2.45, 2.75) is 0 Å². The molecule has 0 aliphatic carbocycles. The van der Waals surface area contributed by atoms with Crippen LogP contribution in [0, 0.1) is 0 Å². The topological polar surface area (TPSA) is 26.0 Å². The van der Waals surface area contributed by atoms with Crippen molar-refractivity contribution in [1.29, 1.82) is 0 Å². The number of hydrogen-bond donors (Lipinski definition) is 1. The normalized spacial score (nSPS) is 8.00. The first-order chi connectivity index (χ1) is 5.34. The molecular formula is C10H9N. The molecule has 54 valence electrons. The van der Waals surface area contributed by atoms with Crippen LogP contribution < -0.4 is 5.73 Å². The lowest BCUT2D eigenvalue weighted by atomic mass is 10.2. The van der Waals surface area contributed by atoms with E-state index in [1.54, 1.807) is 0 Å². The highest BCUT2D eigenvalue weighted by molar-refractivity contribution is 5.61. The van der Waals surface area contributed by atoms with Gasteiger partial charge in [-0.25, -0.2) is 0 Å². The van der Waals surface area contributed by atoms with Gasteiger partial charge in [0.1, 0.15) is 0 Å². The lowest BCUT2D eigenvalue weighted by Gasteiger charge is -1.94. The van der Waals surface area contributed by atoms with E-state index in [4.69, 9.17) is 5.73 Å². The van der Waals surface area contributed by atoms with Gasteiger partial charge in [-0.15, -0.1) is 0 Å². The monoisotopic (exact) mass is 143 g/mol. The molecule has 1 aromatic rings. The molecule has 0 aliphatic heterocycles. The first kappa shape index (κ1) is 7.43. The Morgan fingerprint density at radius 3 is 2.45 bits per heavy atom. The Labute approximate surface area is 66.2 Å². The van der Waals surface area contributed by atoms with Crippen LogP contribution >= 0.6 is 0 Å². The predicted octanol–water partition coefficient (Wildman–Crippen LogP) is 1.93. The molecule has 1 aromatic carbocycles. The third kappa shape index (κ3) is 1.87. The van der Waals surface area contributed by atoms with Gasteiger partial charge in [0.2, 0.25) is 0 Å². The van der Waals surface area contributed by atoms with Crippen molar-refractivity contribution in [2.24, 2.45) is 5.73 Å². The smallest absolute Gasteiger partial charge is 0.0904 e.